The molecule has 13 heavy (non-hydrogen) atoms. The predicted octanol–water partition coefficient (Wildman–Crippen LogP) is 0.0678. The van der Waals surface area contributed by atoms with Crippen LogP contribution in [-0.4, -0.2) is 33.3 Å². The third-order valence-electron chi connectivity index (χ3n) is 2.36. The zero-order chi connectivity index (χ0) is 9.73. The summed E-state index contributed by atoms with van der Waals surface area (Å²) < 4.78 is 24.7. The molecule has 5 heteroatoms. The van der Waals surface area contributed by atoms with Crippen LogP contribution in [0.2, 0.25) is 0 Å². The standard InChI is InChI=1S/C8H18N2O2S/c1-2-13(11,12)10-7-5-8-4-3-6-9-8/h8-10H,2-7H2,1H3. The number of hydrogen-bond donors (Lipinski definition) is 2. The van der Waals surface area contributed by atoms with Gasteiger partial charge < -0.3 is 5.32 Å². The average Bonchev–Trinajstić information content (AvgIpc) is 2.57. The number of sulfonamides is 1. The molecule has 1 fully saturated rings. The molecule has 0 amide bonds. The van der Waals surface area contributed by atoms with Gasteiger partial charge in [0.2, 0.25) is 10.0 Å². The first-order valence-corrected chi connectivity index (χ1v) is 6.50. The minimum absolute atomic E-state index is 0.172. The van der Waals surface area contributed by atoms with Gasteiger partial charge >= 0.3 is 0 Å². The van der Waals surface area contributed by atoms with Gasteiger partial charge in [0.15, 0.2) is 0 Å². The van der Waals surface area contributed by atoms with Gasteiger partial charge in [0.25, 0.3) is 0 Å². The summed E-state index contributed by atoms with van der Waals surface area (Å²) in [6.07, 6.45) is 3.29. The van der Waals surface area contributed by atoms with Crippen molar-refractivity contribution in [2.75, 3.05) is 18.8 Å². The van der Waals surface area contributed by atoms with E-state index in [4.69, 9.17) is 0 Å². The summed E-state index contributed by atoms with van der Waals surface area (Å²) in [6, 6.07) is 0.513. The highest BCUT2D eigenvalue weighted by Crippen LogP contribution is 2.07. The van der Waals surface area contributed by atoms with Gasteiger partial charge in [0, 0.05) is 12.6 Å². The van der Waals surface area contributed by atoms with E-state index in [1.807, 2.05) is 0 Å². The normalized spacial score (nSPS) is 23.6. The van der Waals surface area contributed by atoms with E-state index in [9.17, 15) is 8.42 Å². The first-order valence-electron chi connectivity index (χ1n) is 4.85. The molecule has 0 spiro atoms. The summed E-state index contributed by atoms with van der Waals surface area (Å²) in [5.41, 5.74) is 0. The van der Waals surface area contributed by atoms with Crippen molar-refractivity contribution in [3.05, 3.63) is 0 Å². The highest BCUT2D eigenvalue weighted by Gasteiger charge is 2.14. The Morgan fingerprint density at radius 1 is 1.54 bits per heavy atom. The van der Waals surface area contributed by atoms with Gasteiger partial charge in [0.1, 0.15) is 0 Å². The largest absolute Gasteiger partial charge is 0.314 e. The molecule has 0 aromatic carbocycles. The number of rotatable bonds is 5. The molecule has 1 unspecified atom stereocenters. The van der Waals surface area contributed by atoms with Gasteiger partial charge in [-0.3, -0.25) is 0 Å². The molecule has 0 bridgehead atoms. The van der Waals surface area contributed by atoms with Gasteiger partial charge in [0.05, 0.1) is 5.75 Å². The Bertz CT molecular complexity index is 233. The molecule has 0 aromatic rings. The maximum atomic E-state index is 11.0. The van der Waals surface area contributed by atoms with E-state index in [0.717, 1.165) is 13.0 Å². The second-order valence-corrected chi connectivity index (χ2v) is 5.48. The molecule has 0 saturated carbocycles. The minimum atomic E-state index is -2.99. The van der Waals surface area contributed by atoms with E-state index in [1.54, 1.807) is 6.92 Å². The van der Waals surface area contributed by atoms with Crippen molar-refractivity contribution in [1.82, 2.24) is 10.0 Å². The summed E-state index contributed by atoms with van der Waals surface area (Å²) >= 11 is 0. The highest BCUT2D eigenvalue weighted by atomic mass is 32.2. The van der Waals surface area contributed by atoms with Crippen LogP contribution in [-0.2, 0) is 10.0 Å². The summed E-state index contributed by atoms with van der Waals surface area (Å²) in [7, 11) is -2.99. The molecular formula is C8H18N2O2S. The van der Waals surface area contributed by atoms with Gasteiger partial charge in [-0.15, -0.1) is 0 Å². The molecule has 1 aliphatic heterocycles. The Labute approximate surface area is 80.1 Å². The first kappa shape index (κ1) is 10.9. The van der Waals surface area contributed by atoms with Crippen LogP contribution in [0.4, 0.5) is 0 Å². The van der Waals surface area contributed by atoms with Crippen LogP contribution in [0.5, 0.6) is 0 Å². The smallest absolute Gasteiger partial charge is 0.211 e. The van der Waals surface area contributed by atoms with Gasteiger partial charge in [-0.05, 0) is 32.7 Å². The topological polar surface area (TPSA) is 58.2 Å². The summed E-state index contributed by atoms with van der Waals surface area (Å²) in [4.78, 5) is 0. The Morgan fingerprint density at radius 2 is 2.31 bits per heavy atom. The second-order valence-electron chi connectivity index (χ2n) is 3.38. The van der Waals surface area contributed by atoms with E-state index in [-0.39, 0.29) is 5.75 Å². The quantitative estimate of drug-likeness (QED) is 0.669. The summed E-state index contributed by atoms with van der Waals surface area (Å²) in [5.74, 6) is 0.172. The molecule has 0 aliphatic carbocycles. The fourth-order valence-corrected chi connectivity index (χ4v) is 2.13. The minimum Gasteiger partial charge on any atom is -0.314 e. The third kappa shape index (κ3) is 4.06. The van der Waals surface area contributed by atoms with Crippen molar-refractivity contribution in [2.45, 2.75) is 32.2 Å². The molecular weight excluding hydrogens is 188 g/mol. The molecule has 1 saturated heterocycles. The fraction of sp³-hybridized carbons (Fsp3) is 1.00. The van der Waals surface area contributed by atoms with E-state index in [2.05, 4.69) is 10.0 Å². The molecule has 4 nitrogen and oxygen atoms in total. The van der Waals surface area contributed by atoms with Crippen LogP contribution in [0.3, 0.4) is 0 Å². The predicted molar refractivity (Wildman–Crippen MR) is 53.1 cm³/mol. The lowest BCUT2D eigenvalue weighted by Crippen LogP contribution is -2.31. The third-order valence-corrected chi connectivity index (χ3v) is 3.76. The lowest BCUT2D eigenvalue weighted by atomic mass is 10.2. The Kier molecular flexibility index (Phi) is 4.15. The lowest BCUT2D eigenvalue weighted by Gasteiger charge is -2.10. The van der Waals surface area contributed by atoms with Crippen molar-refractivity contribution in [1.29, 1.82) is 0 Å². The fourth-order valence-electron chi connectivity index (χ4n) is 1.49. The van der Waals surface area contributed by atoms with Crippen LogP contribution in [0.15, 0.2) is 0 Å². The molecule has 0 radical (unpaired) electrons. The summed E-state index contributed by atoms with van der Waals surface area (Å²) in [5, 5.41) is 3.33. The molecule has 1 rings (SSSR count). The Balaban J connectivity index is 2.13. The van der Waals surface area contributed by atoms with E-state index in [1.165, 1.54) is 12.8 Å². The SMILES string of the molecule is CCS(=O)(=O)NCCC1CCCN1. The van der Waals surface area contributed by atoms with E-state index < -0.39 is 10.0 Å². The monoisotopic (exact) mass is 206 g/mol. The van der Waals surface area contributed by atoms with Crippen LogP contribution >= 0.6 is 0 Å². The maximum Gasteiger partial charge on any atom is 0.211 e. The molecule has 1 atom stereocenters. The Morgan fingerprint density at radius 3 is 2.85 bits per heavy atom. The van der Waals surface area contributed by atoms with Crippen LogP contribution in [0, 0.1) is 0 Å². The highest BCUT2D eigenvalue weighted by molar-refractivity contribution is 7.89. The van der Waals surface area contributed by atoms with Crippen molar-refractivity contribution >= 4 is 10.0 Å². The van der Waals surface area contributed by atoms with Crippen molar-refractivity contribution in [3.63, 3.8) is 0 Å². The number of hydrogen-bond acceptors (Lipinski definition) is 3. The summed E-state index contributed by atoms with van der Waals surface area (Å²) in [6.45, 7) is 3.29. The maximum absolute atomic E-state index is 11.0. The lowest BCUT2D eigenvalue weighted by molar-refractivity contribution is 0.540. The van der Waals surface area contributed by atoms with E-state index in [0.29, 0.717) is 12.6 Å². The van der Waals surface area contributed by atoms with E-state index >= 15 is 0 Å². The van der Waals surface area contributed by atoms with Crippen molar-refractivity contribution in [3.8, 4) is 0 Å². The zero-order valence-electron chi connectivity index (χ0n) is 8.04. The van der Waals surface area contributed by atoms with Crippen LogP contribution < -0.4 is 10.0 Å². The van der Waals surface area contributed by atoms with Crippen LogP contribution in [0.1, 0.15) is 26.2 Å². The molecule has 1 heterocycles. The van der Waals surface area contributed by atoms with Gasteiger partial charge in [-0.25, -0.2) is 13.1 Å². The second kappa shape index (κ2) is 4.93. The van der Waals surface area contributed by atoms with Crippen LogP contribution in [0.25, 0.3) is 0 Å². The van der Waals surface area contributed by atoms with Gasteiger partial charge in [-0.2, -0.15) is 0 Å². The van der Waals surface area contributed by atoms with Crippen molar-refractivity contribution in [2.24, 2.45) is 0 Å². The Hall–Kier alpha value is -0.130. The average molecular weight is 206 g/mol. The zero-order valence-corrected chi connectivity index (χ0v) is 8.86. The molecule has 2 N–H and O–H groups in total. The molecule has 1 aliphatic rings. The van der Waals surface area contributed by atoms with Crippen molar-refractivity contribution < 1.29 is 8.42 Å². The first-order chi connectivity index (χ1) is 6.14. The van der Waals surface area contributed by atoms with Gasteiger partial charge in [-0.1, -0.05) is 0 Å². The molecule has 0 aromatic heterocycles. The number of nitrogens with one attached hydrogen (secondary N) is 2. The molecule has 78 valence electrons.